The molecule has 0 heterocycles. The Morgan fingerprint density at radius 2 is 1.28 bits per heavy atom. The molecule has 142 valence electrons. The summed E-state index contributed by atoms with van der Waals surface area (Å²) in [5, 5.41) is 5.36. The van der Waals surface area contributed by atoms with Crippen molar-refractivity contribution < 1.29 is 0 Å². The van der Waals surface area contributed by atoms with Crippen molar-refractivity contribution in [2.45, 2.75) is 25.3 Å². The van der Waals surface area contributed by atoms with Crippen LogP contribution in [-0.2, 0) is 6.42 Å². The number of hydrogen-bond donors (Lipinski definition) is 1. The Labute approximate surface area is 172 Å². The Kier molecular flexibility index (Phi) is 4.75. The minimum atomic E-state index is 0.222. The predicted octanol–water partition coefficient (Wildman–Crippen LogP) is 6.67. The average Bonchev–Trinajstić information content (AvgIpc) is 2.79. The van der Waals surface area contributed by atoms with Gasteiger partial charge in [0.2, 0.25) is 0 Å². The molecule has 0 aromatic heterocycles. The van der Waals surface area contributed by atoms with Crippen molar-refractivity contribution in [1.82, 2.24) is 0 Å². The first-order chi connectivity index (χ1) is 14.3. The molecule has 2 aliphatic carbocycles. The average molecular weight is 376 g/mol. The topological polar surface area (TPSA) is 26.0 Å². The van der Waals surface area contributed by atoms with Crippen molar-refractivity contribution >= 4 is 27.1 Å². The van der Waals surface area contributed by atoms with Crippen LogP contribution in [0.3, 0.4) is 0 Å². The highest BCUT2D eigenvalue weighted by Gasteiger charge is 2.24. The third-order valence-corrected chi connectivity index (χ3v) is 6.10. The lowest BCUT2D eigenvalue weighted by Gasteiger charge is -2.29. The number of aryl methyl sites for hydroxylation is 1. The first kappa shape index (κ1) is 17.9. The third kappa shape index (κ3) is 3.39. The fraction of sp³-hybridized carbons (Fsp3) is 0.143. The van der Waals surface area contributed by atoms with Crippen LogP contribution in [0.1, 0.15) is 24.0 Å². The van der Waals surface area contributed by atoms with Crippen molar-refractivity contribution in [3.63, 3.8) is 0 Å². The van der Waals surface area contributed by atoms with Crippen LogP contribution in [-0.4, -0.2) is 6.04 Å². The van der Waals surface area contributed by atoms with E-state index in [0.717, 1.165) is 19.3 Å². The number of hydrogen-bond acceptors (Lipinski definition) is 1. The first-order valence-electron chi connectivity index (χ1n) is 10.4. The lowest BCUT2D eigenvalue weighted by Crippen LogP contribution is -2.27. The molecule has 4 aromatic carbocycles. The van der Waals surface area contributed by atoms with Crippen LogP contribution in [0.15, 0.2) is 103 Å². The molecule has 0 bridgehead atoms. The number of rotatable bonds is 0. The van der Waals surface area contributed by atoms with E-state index < -0.39 is 0 Å². The quantitative estimate of drug-likeness (QED) is 0.365. The fourth-order valence-electron chi connectivity index (χ4n) is 4.61. The minimum absolute atomic E-state index is 0.222. The molecule has 0 saturated carbocycles. The SMILES string of the molecule is N[C@@H]1CC=CC2=C1CCc1c2ccc2ccccc12.c1ccc2ccccc2c1. The van der Waals surface area contributed by atoms with Gasteiger partial charge >= 0.3 is 0 Å². The molecule has 0 fully saturated rings. The van der Waals surface area contributed by atoms with E-state index in [2.05, 4.69) is 97.1 Å². The summed E-state index contributed by atoms with van der Waals surface area (Å²) in [7, 11) is 0. The maximum atomic E-state index is 6.25. The Morgan fingerprint density at radius 3 is 1.97 bits per heavy atom. The van der Waals surface area contributed by atoms with Crippen LogP contribution in [0.25, 0.3) is 27.1 Å². The second-order valence-electron chi connectivity index (χ2n) is 7.84. The highest BCUT2D eigenvalue weighted by atomic mass is 14.6. The standard InChI is InChI=1S/C18H17N.C10H8/c19-18-7-3-6-14-16-9-8-12-4-1-2-5-13(12)15(16)10-11-17(14)18;1-2-6-10-8-4-3-7-9(10)5-1/h1-6,8-9,18H,7,10-11,19H2;1-8H/t18-;/m1./s1. The van der Waals surface area contributed by atoms with Crippen LogP contribution in [0, 0.1) is 0 Å². The zero-order chi connectivity index (χ0) is 19.6. The normalized spacial score (nSPS) is 17.5. The summed E-state index contributed by atoms with van der Waals surface area (Å²) in [4.78, 5) is 0. The van der Waals surface area contributed by atoms with Gasteiger partial charge in [-0.3, -0.25) is 0 Å². The molecule has 0 amide bonds. The summed E-state index contributed by atoms with van der Waals surface area (Å²) in [6.45, 7) is 0. The van der Waals surface area contributed by atoms with Crippen LogP contribution in [0.2, 0.25) is 0 Å². The van der Waals surface area contributed by atoms with E-state index in [9.17, 15) is 0 Å². The van der Waals surface area contributed by atoms with E-state index in [-0.39, 0.29) is 6.04 Å². The summed E-state index contributed by atoms with van der Waals surface area (Å²) in [5.74, 6) is 0. The molecule has 0 unspecified atom stereocenters. The molecule has 0 aliphatic heterocycles. The number of benzene rings is 4. The Hall–Kier alpha value is -3.16. The molecule has 1 nitrogen and oxygen atoms in total. The predicted molar refractivity (Wildman–Crippen MR) is 125 cm³/mol. The van der Waals surface area contributed by atoms with Crippen molar-refractivity contribution in [2.75, 3.05) is 0 Å². The lowest BCUT2D eigenvalue weighted by atomic mass is 9.78. The van der Waals surface area contributed by atoms with E-state index in [1.54, 1.807) is 0 Å². The number of fused-ring (bicyclic) bond motifs is 5. The fourth-order valence-corrected chi connectivity index (χ4v) is 4.61. The molecule has 1 atom stereocenters. The molecule has 29 heavy (non-hydrogen) atoms. The van der Waals surface area contributed by atoms with Crippen molar-refractivity contribution in [1.29, 1.82) is 0 Å². The van der Waals surface area contributed by atoms with E-state index in [4.69, 9.17) is 5.73 Å². The summed E-state index contributed by atoms with van der Waals surface area (Å²) in [6, 6.07) is 30.1. The third-order valence-electron chi connectivity index (χ3n) is 6.10. The smallest absolute Gasteiger partial charge is 0.0298 e. The van der Waals surface area contributed by atoms with Gasteiger partial charge in [0.05, 0.1) is 0 Å². The molecule has 0 spiro atoms. The molecule has 1 heteroatoms. The minimum Gasteiger partial charge on any atom is -0.324 e. The molecule has 0 saturated heterocycles. The molecule has 2 aliphatic rings. The van der Waals surface area contributed by atoms with Gasteiger partial charge in [-0.1, -0.05) is 97.1 Å². The summed E-state index contributed by atoms with van der Waals surface area (Å²) in [5.41, 5.74) is 12.0. The van der Waals surface area contributed by atoms with Crippen molar-refractivity contribution in [3.05, 3.63) is 114 Å². The van der Waals surface area contributed by atoms with Gasteiger partial charge in [-0.15, -0.1) is 0 Å². The van der Waals surface area contributed by atoms with Gasteiger partial charge in [0.1, 0.15) is 0 Å². The van der Waals surface area contributed by atoms with E-state index in [1.165, 1.54) is 43.8 Å². The van der Waals surface area contributed by atoms with Crippen LogP contribution in [0.5, 0.6) is 0 Å². The zero-order valence-corrected chi connectivity index (χ0v) is 16.5. The van der Waals surface area contributed by atoms with Crippen LogP contribution in [0.4, 0.5) is 0 Å². The summed E-state index contributed by atoms with van der Waals surface area (Å²) in [6.07, 6.45) is 7.71. The van der Waals surface area contributed by atoms with E-state index in [1.807, 2.05) is 0 Å². The Balaban J connectivity index is 0.000000153. The van der Waals surface area contributed by atoms with Gasteiger partial charge in [0.15, 0.2) is 0 Å². The maximum absolute atomic E-state index is 6.25. The number of allylic oxidation sites excluding steroid dienone is 2. The van der Waals surface area contributed by atoms with Gasteiger partial charge in [-0.05, 0) is 63.1 Å². The molecular formula is C28H25N. The molecule has 4 aromatic rings. The highest BCUT2D eigenvalue weighted by molar-refractivity contribution is 5.94. The Morgan fingerprint density at radius 1 is 0.655 bits per heavy atom. The zero-order valence-electron chi connectivity index (χ0n) is 16.5. The van der Waals surface area contributed by atoms with Crippen LogP contribution >= 0.6 is 0 Å². The maximum Gasteiger partial charge on any atom is 0.0298 e. The highest BCUT2D eigenvalue weighted by Crippen LogP contribution is 2.39. The molecule has 6 rings (SSSR count). The second-order valence-corrected chi connectivity index (χ2v) is 7.84. The van der Waals surface area contributed by atoms with Gasteiger partial charge < -0.3 is 5.73 Å². The van der Waals surface area contributed by atoms with Crippen molar-refractivity contribution in [2.24, 2.45) is 5.73 Å². The van der Waals surface area contributed by atoms with E-state index >= 15 is 0 Å². The monoisotopic (exact) mass is 375 g/mol. The number of nitrogens with two attached hydrogens (primary N) is 1. The lowest BCUT2D eigenvalue weighted by molar-refractivity contribution is 0.718. The molecular weight excluding hydrogens is 350 g/mol. The van der Waals surface area contributed by atoms with Gasteiger partial charge in [-0.25, -0.2) is 0 Å². The molecule has 2 N–H and O–H groups in total. The van der Waals surface area contributed by atoms with Gasteiger partial charge in [-0.2, -0.15) is 0 Å². The summed E-state index contributed by atoms with van der Waals surface area (Å²) < 4.78 is 0. The summed E-state index contributed by atoms with van der Waals surface area (Å²) >= 11 is 0. The second kappa shape index (κ2) is 7.69. The van der Waals surface area contributed by atoms with Crippen molar-refractivity contribution in [3.8, 4) is 0 Å². The van der Waals surface area contributed by atoms with Gasteiger partial charge in [0.25, 0.3) is 0 Å². The molecule has 0 radical (unpaired) electrons. The largest absolute Gasteiger partial charge is 0.324 e. The van der Waals surface area contributed by atoms with E-state index in [0.29, 0.717) is 0 Å². The van der Waals surface area contributed by atoms with Gasteiger partial charge in [0, 0.05) is 6.04 Å². The van der Waals surface area contributed by atoms with Crippen LogP contribution < -0.4 is 5.73 Å². The Bertz CT molecular complexity index is 1180. The first-order valence-corrected chi connectivity index (χ1v) is 10.4.